The second-order valence-corrected chi connectivity index (χ2v) is 5.80. The first kappa shape index (κ1) is 17.7. The van der Waals surface area contributed by atoms with Gasteiger partial charge in [0.05, 0.1) is 6.54 Å². The van der Waals surface area contributed by atoms with Crippen LogP contribution in [0.4, 0.5) is 0 Å². The zero-order chi connectivity index (χ0) is 17.2. The molecule has 0 aliphatic rings. The van der Waals surface area contributed by atoms with E-state index in [-0.39, 0.29) is 18.4 Å². The number of hydrogen-bond acceptors (Lipinski definition) is 2. The highest BCUT2D eigenvalue weighted by molar-refractivity contribution is 5.83. The van der Waals surface area contributed by atoms with Gasteiger partial charge in [0.15, 0.2) is 0 Å². The molecule has 0 aromatic heterocycles. The van der Waals surface area contributed by atoms with E-state index in [0.717, 1.165) is 18.4 Å². The highest BCUT2D eigenvalue weighted by Crippen LogP contribution is 2.05. The first-order chi connectivity index (χ1) is 11.6. The van der Waals surface area contributed by atoms with Gasteiger partial charge < -0.3 is 10.2 Å². The van der Waals surface area contributed by atoms with Crippen LogP contribution in [0.15, 0.2) is 60.7 Å². The third-order valence-corrected chi connectivity index (χ3v) is 3.80. The van der Waals surface area contributed by atoms with Gasteiger partial charge in [-0.25, -0.2) is 0 Å². The molecule has 0 spiro atoms. The molecule has 0 bridgehead atoms. The minimum absolute atomic E-state index is 0.0928. The molecule has 0 radical (unpaired) electrons. The number of nitrogens with one attached hydrogen (secondary N) is 1. The Kier molecular flexibility index (Phi) is 7.02. The van der Waals surface area contributed by atoms with Gasteiger partial charge in [-0.3, -0.25) is 9.59 Å². The average Bonchev–Trinajstić information content (AvgIpc) is 2.60. The summed E-state index contributed by atoms with van der Waals surface area (Å²) in [4.78, 5) is 25.4. The normalized spacial score (nSPS) is 10.2. The molecule has 2 amide bonds. The van der Waals surface area contributed by atoms with E-state index in [1.807, 2.05) is 48.5 Å². The molecule has 0 atom stereocenters. The number of nitrogens with zero attached hydrogens (tertiary/aromatic N) is 1. The van der Waals surface area contributed by atoms with Crippen molar-refractivity contribution in [1.29, 1.82) is 0 Å². The van der Waals surface area contributed by atoms with Gasteiger partial charge in [0.25, 0.3) is 0 Å². The number of carbonyl (C=O) groups is 2. The van der Waals surface area contributed by atoms with Crippen LogP contribution in [0.1, 0.15) is 24.5 Å². The van der Waals surface area contributed by atoms with Crippen LogP contribution >= 0.6 is 0 Å². The van der Waals surface area contributed by atoms with Gasteiger partial charge in [-0.1, -0.05) is 60.7 Å². The Morgan fingerprint density at radius 1 is 0.917 bits per heavy atom. The van der Waals surface area contributed by atoms with Gasteiger partial charge in [0.2, 0.25) is 11.8 Å². The summed E-state index contributed by atoms with van der Waals surface area (Å²) >= 11 is 0. The number of benzene rings is 2. The SMILES string of the molecule is CC(=O)N(CC(=O)NCCCc1ccccc1)Cc1ccccc1. The minimum Gasteiger partial charge on any atom is -0.355 e. The van der Waals surface area contributed by atoms with Crippen molar-refractivity contribution in [1.82, 2.24) is 10.2 Å². The molecule has 2 rings (SSSR count). The molecule has 4 nitrogen and oxygen atoms in total. The molecule has 126 valence electrons. The van der Waals surface area contributed by atoms with Gasteiger partial charge in [0, 0.05) is 20.0 Å². The molecule has 1 N–H and O–H groups in total. The predicted molar refractivity (Wildman–Crippen MR) is 95.3 cm³/mol. The summed E-state index contributed by atoms with van der Waals surface area (Å²) < 4.78 is 0. The molecule has 0 heterocycles. The molecule has 24 heavy (non-hydrogen) atoms. The van der Waals surface area contributed by atoms with Crippen LogP contribution in [0, 0.1) is 0 Å². The zero-order valence-electron chi connectivity index (χ0n) is 14.1. The Morgan fingerprint density at radius 2 is 1.50 bits per heavy atom. The Morgan fingerprint density at radius 3 is 2.08 bits per heavy atom. The summed E-state index contributed by atoms with van der Waals surface area (Å²) in [6.07, 6.45) is 1.82. The maximum atomic E-state index is 12.1. The average molecular weight is 324 g/mol. The van der Waals surface area contributed by atoms with Gasteiger partial charge in [-0.15, -0.1) is 0 Å². The predicted octanol–water partition coefficient (Wildman–Crippen LogP) is 2.78. The summed E-state index contributed by atoms with van der Waals surface area (Å²) in [7, 11) is 0. The number of rotatable bonds is 8. The standard InChI is InChI=1S/C20H24N2O2/c1-17(23)22(15-19-11-6-3-7-12-19)16-20(24)21-14-8-13-18-9-4-2-5-10-18/h2-7,9-12H,8,13-16H2,1H3,(H,21,24). The smallest absolute Gasteiger partial charge is 0.239 e. The maximum Gasteiger partial charge on any atom is 0.239 e. The van der Waals surface area contributed by atoms with Gasteiger partial charge >= 0.3 is 0 Å². The first-order valence-electron chi connectivity index (χ1n) is 8.25. The Balaban J connectivity index is 1.73. The van der Waals surface area contributed by atoms with Crippen molar-refractivity contribution in [3.05, 3.63) is 71.8 Å². The lowest BCUT2D eigenvalue weighted by Gasteiger charge is -2.20. The lowest BCUT2D eigenvalue weighted by Crippen LogP contribution is -2.39. The third-order valence-electron chi connectivity index (χ3n) is 3.80. The summed E-state index contributed by atoms with van der Waals surface area (Å²) in [5, 5.41) is 2.89. The number of hydrogen-bond donors (Lipinski definition) is 1. The second-order valence-electron chi connectivity index (χ2n) is 5.80. The molecule has 2 aromatic carbocycles. The highest BCUT2D eigenvalue weighted by atomic mass is 16.2. The van der Waals surface area contributed by atoms with Crippen molar-refractivity contribution in [3.8, 4) is 0 Å². The lowest BCUT2D eigenvalue weighted by atomic mass is 10.1. The summed E-state index contributed by atoms with van der Waals surface area (Å²) in [5.74, 6) is -0.215. The van der Waals surface area contributed by atoms with E-state index in [9.17, 15) is 9.59 Å². The maximum absolute atomic E-state index is 12.1. The van der Waals surface area contributed by atoms with E-state index in [4.69, 9.17) is 0 Å². The molecule has 0 fully saturated rings. The van der Waals surface area contributed by atoms with Crippen LogP contribution in [0.25, 0.3) is 0 Å². The fourth-order valence-electron chi connectivity index (χ4n) is 2.48. The third kappa shape index (κ3) is 6.24. The molecule has 0 saturated heterocycles. The van der Waals surface area contributed by atoms with Crippen LogP contribution in [0.2, 0.25) is 0 Å². The summed E-state index contributed by atoms with van der Waals surface area (Å²) in [6, 6.07) is 19.9. The molecular weight excluding hydrogens is 300 g/mol. The molecular formula is C20H24N2O2. The summed E-state index contributed by atoms with van der Waals surface area (Å²) in [5.41, 5.74) is 2.28. The topological polar surface area (TPSA) is 49.4 Å². The van der Waals surface area contributed by atoms with Crippen LogP contribution in [-0.4, -0.2) is 29.8 Å². The van der Waals surface area contributed by atoms with E-state index in [1.54, 1.807) is 4.90 Å². The Hall–Kier alpha value is -2.62. The zero-order valence-corrected chi connectivity index (χ0v) is 14.1. The summed E-state index contributed by atoms with van der Waals surface area (Å²) in [6.45, 7) is 2.65. The van der Waals surface area contributed by atoms with E-state index < -0.39 is 0 Å². The van der Waals surface area contributed by atoms with Gasteiger partial charge in [-0.05, 0) is 24.0 Å². The van der Waals surface area contributed by atoms with Gasteiger partial charge in [0.1, 0.15) is 0 Å². The first-order valence-corrected chi connectivity index (χ1v) is 8.25. The van der Waals surface area contributed by atoms with Crippen molar-refractivity contribution in [3.63, 3.8) is 0 Å². The quantitative estimate of drug-likeness (QED) is 0.759. The Bertz CT molecular complexity index is 641. The molecule has 0 aliphatic carbocycles. The largest absolute Gasteiger partial charge is 0.355 e. The van der Waals surface area contributed by atoms with Crippen molar-refractivity contribution in [2.45, 2.75) is 26.3 Å². The van der Waals surface area contributed by atoms with Crippen LogP contribution < -0.4 is 5.32 Å². The van der Waals surface area contributed by atoms with Crippen molar-refractivity contribution >= 4 is 11.8 Å². The molecule has 0 unspecified atom stereocenters. The van der Waals surface area contributed by atoms with Crippen molar-refractivity contribution in [2.75, 3.05) is 13.1 Å². The van der Waals surface area contributed by atoms with Crippen LogP contribution in [0.5, 0.6) is 0 Å². The van der Waals surface area contributed by atoms with Crippen LogP contribution in [0.3, 0.4) is 0 Å². The molecule has 2 aromatic rings. The number of aryl methyl sites for hydroxylation is 1. The van der Waals surface area contributed by atoms with E-state index >= 15 is 0 Å². The van der Waals surface area contributed by atoms with Gasteiger partial charge in [-0.2, -0.15) is 0 Å². The van der Waals surface area contributed by atoms with E-state index in [1.165, 1.54) is 12.5 Å². The second kappa shape index (κ2) is 9.50. The van der Waals surface area contributed by atoms with Crippen molar-refractivity contribution < 1.29 is 9.59 Å². The fraction of sp³-hybridized carbons (Fsp3) is 0.300. The molecule has 0 saturated carbocycles. The Labute approximate surface area is 143 Å². The number of carbonyl (C=O) groups excluding carboxylic acids is 2. The number of amides is 2. The monoisotopic (exact) mass is 324 g/mol. The van der Waals surface area contributed by atoms with E-state index in [0.29, 0.717) is 13.1 Å². The molecule has 0 aliphatic heterocycles. The fourth-order valence-corrected chi connectivity index (χ4v) is 2.48. The van der Waals surface area contributed by atoms with Crippen LogP contribution in [-0.2, 0) is 22.6 Å². The van der Waals surface area contributed by atoms with Crippen molar-refractivity contribution in [2.24, 2.45) is 0 Å². The highest BCUT2D eigenvalue weighted by Gasteiger charge is 2.13. The minimum atomic E-state index is -0.116. The lowest BCUT2D eigenvalue weighted by molar-refractivity contribution is -0.134. The molecule has 4 heteroatoms. The van der Waals surface area contributed by atoms with E-state index in [2.05, 4.69) is 17.4 Å².